The molecule has 0 unspecified atom stereocenters. The Hall–Kier alpha value is -4.85. The summed E-state index contributed by atoms with van der Waals surface area (Å²) >= 11 is 0. The fraction of sp³-hybridized carbons (Fsp3) is 0.194. The average molecular weight is 531 g/mol. The van der Waals surface area contributed by atoms with Crippen molar-refractivity contribution in [3.63, 3.8) is 0 Å². The molecule has 0 bridgehead atoms. The predicted octanol–water partition coefficient (Wildman–Crippen LogP) is 5.55. The summed E-state index contributed by atoms with van der Waals surface area (Å²) in [5.41, 5.74) is 3.64. The van der Waals surface area contributed by atoms with Crippen molar-refractivity contribution in [1.82, 2.24) is 0 Å². The van der Waals surface area contributed by atoms with Gasteiger partial charge in [-0.05, 0) is 52.6 Å². The van der Waals surface area contributed by atoms with Crippen LogP contribution in [0.5, 0.6) is 17.2 Å². The molecule has 39 heavy (non-hydrogen) atoms. The van der Waals surface area contributed by atoms with E-state index < -0.39 is 11.9 Å². The van der Waals surface area contributed by atoms with Gasteiger partial charge in [0, 0.05) is 24.6 Å². The van der Waals surface area contributed by atoms with E-state index in [-0.39, 0.29) is 32.4 Å². The van der Waals surface area contributed by atoms with Crippen LogP contribution in [0.4, 0.5) is 0 Å². The van der Waals surface area contributed by atoms with Gasteiger partial charge in [-0.1, -0.05) is 50.4 Å². The van der Waals surface area contributed by atoms with Crippen LogP contribution in [0.3, 0.4) is 0 Å². The van der Waals surface area contributed by atoms with Crippen molar-refractivity contribution in [1.29, 1.82) is 0 Å². The molecule has 0 heterocycles. The minimum atomic E-state index is -0.529. The maximum absolute atomic E-state index is 11.6. The molecular weight excluding hydrogens is 500 g/mol. The SMILES string of the molecule is C=CC(=O)OCCOc1cc(OCCOC(=O)C=C)cc(-c2cccc(-c3ccc(OC(=O)CC)cc3)c2)c1. The molecule has 0 atom stereocenters. The Balaban J connectivity index is 1.81. The molecule has 0 saturated heterocycles. The smallest absolute Gasteiger partial charge is 0.330 e. The Bertz CT molecular complexity index is 1260. The highest BCUT2D eigenvalue weighted by atomic mass is 16.6. The summed E-state index contributed by atoms with van der Waals surface area (Å²) < 4.78 is 26.8. The molecule has 0 aliphatic heterocycles. The molecule has 8 heteroatoms. The molecule has 0 aliphatic rings. The van der Waals surface area contributed by atoms with Crippen molar-refractivity contribution in [2.75, 3.05) is 26.4 Å². The van der Waals surface area contributed by atoms with E-state index in [4.69, 9.17) is 23.7 Å². The molecule has 0 aromatic heterocycles. The van der Waals surface area contributed by atoms with Crippen LogP contribution in [-0.2, 0) is 23.9 Å². The lowest BCUT2D eigenvalue weighted by molar-refractivity contribution is -0.139. The number of esters is 3. The lowest BCUT2D eigenvalue weighted by atomic mass is 9.98. The van der Waals surface area contributed by atoms with Gasteiger partial charge in [0.05, 0.1) is 0 Å². The highest BCUT2D eigenvalue weighted by Gasteiger charge is 2.09. The number of carbonyl (C=O) groups excluding carboxylic acids is 3. The molecule has 3 rings (SSSR count). The standard InChI is InChI=1S/C31H30O8/c1-4-29(32)37-16-14-35-27-19-25(20-28(21-27)36-15-17-38-30(33)5-2)24-9-7-8-23(18-24)22-10-12-26(13-11-22)39-31(34)6-3/h4-5,7-13,18-21H,1-2,6,14-17H2,3H3. The Labute approximate surface area is 227 Å². The third-order valence-electron chi connectivity index (χ3n) is 5.31. The molecule has 0 fully saturated rings. The number of benzene rings is 3. The maximum atomic E-state index is 11.6. The predicted molar refractivity (Wildman–Crippen MR) is 147 cm³/mol. The third-order valence-corrected chi connectivity index (χ3v) is 5.31. The van der Waals surface area contributed by atoms with E-state index in [1.807, 2.05) is 48.5 Å². The summed E-state index contributed by atoms with van der Waals surface area (Å²) in [6, 6.07) is 20.6. The molecule has 0 saturated carbocycles. The van der Waals surface area contributed by atoms with Gasteiger partial charge in [0.2, 0.25) is 0 Å². The van der Waals surface area contributed by atoms with Crippen LogP contribution in [-0.4, -0.2) is 44.3 Å². The first-order chi connectivity index (χ1) is 18.9. The number of ether oxygens (including phenoxy) is 5. The van der Waals surface area contributed by atoms with E-state index in [1.165, 1.54) is 0 Å². The number of carbonyl (C=O) groups is 3. The van der Waals surface area contributed by atoms with E-state index in [0.29, 0.717) is 23.7 Å². The third kappa shape index (κ3) is 9.19. The molecule has 3 aromatic rings. The van der Waals surface area contributed by atoms with E-state index in [2.05, 4.69) is 13.2 Å². The summed E-state index contributed by atoms with van der Waals surface area (Å²) in [4.78, 5) is 34.1. The largest absolute Gasteiger partial charge is 0.490 e. The van der Waals surface area contributed by atoms with Gasteiger partial charge in [-0.3, -0.25) is 4.79 Å². The minimum absolute atomic E-state index is 0.0574. The highest BCUT2D eigenvalue weighted by molar-refractivity contribution is 5.81. The van der Waals surface area contributed by atoms with E-state index in [9.17, 15) is 14.4 Å². The fourth-order valence-electron chi connectivity index (χ4n) is 3.42. The monoisotopic (exact) mass is 530 g/mol. The van der Waals surface area contributed by atoms with Gasteiger partial charge in [-0.2, -0.15) is 0 Å². The molecule has 0 amide bonds. The normalized spacial score (nSPS) is 10.2. The van der Waals surface area contributed by atoms with Gasteiger partial charge >= 0.3 is 17.9 Å². The Morgan fingerprint density at radius 2 is 1.18 bits per heavy atom. The molecular formula is C31H30O8. The van der Waals surface area contributed by atoms with Crippen molar-refractivity contribution in [3.05, 3.63) is 92.0 Å². The zero-order valence-corrected chi connectivity index (χ0v) is 21.7. The number of hydrogen-bond donors (Lipinski definition) is 0. The Morgan fingerprint density at radius 1 is 0.641 bits per heavy atom. The van der Waals surface area contributed by atoms with Gasteiger partial charge in [-0.25, -0.2) is 9.59 Å². The quantitative estimate of drug-likeness (QED) is 0.116. The second-order valence-corrected chi connectivity index (χ2v) is 8.07. The van der Waals surface area contributed by atoms with Crippen LogP contribution in [0.2, 0.25) is 0 Å². The first-order valence-corrected chi connectivity index (χ1v) is 12.3. The lowest BCUT2D eigenvalue weighted by Gasteiger charge is -2.14. The molecule has 0 spiro atoms. The van der Waals surface area contributed by atoms with Gasteiger partial charge < -0.3 is 23.7 Å². The van der Waals surface area contributed by atoms with Gasteiger partial charge in [0.15, 0.2) is 0 Å². The molecule has 0 radical (unpaired) electrons. The van der Waals surface area contributed by atoms with Crippen LogP contribution in [0.15, 0.2) is 92.0 Å². The zero-order valence-electron chi connectivity index (χ0n) is 21.7. The number of hydrogen-bond acceptors (Lipinski definition) is 8. The number of rotatable bonds is 14. The van der Waals surface area contributed by atoms with E-state index in [0.717, 1.165) is 34.4 Å². The maximum Gasteiger partial charge on any atom is 0.330 e. The van der Waals surface area contributed by atoms with E-state index in [1.54, 1.807) is 25.1 Å². The summed E-state index contributed by atoms with van der Waals surface area (Å²) in [5, 5.41) is 0. The second-order valence-electron chi connectivity index (χ2n) is 8.07. The first-order valence-electron chi connectivity index (χ1n) is 12.3. The van der Waals surface area contributed by atoms with Gasteiger partial charge in [0.25, 0.3) is 0 Å². The van der Waals surface area contributed by atoms with Gasteiger partial charge in [0.1, 0.15) is 43.7 Å². The van der Waals surface area contributed by atoms with Gasteiger partial charge in [-0.15, -0.1) is 0 Å². The van der Waals surface area contributed by atoms with Crippen molar-refractivity contribution >= 4 is 17.9 Å². The molecule has 3 aromatic carbocycles. The van der Waals surface area contributed by atoms with Crippen LogP contribution >= 0.6 is 0 Å². The van der Waals surface area contributed by atoms with Crippen molar-refractivity contribution < 1.29 is 38.1 Å². The Morgan fingerprint density at radius 3 is 1.69 bits per heavy atom. The lowest BCUT2D eigenvalue weighted by Crippen LogP contribution is -2.11. The summed E-state index contributed by atoms with van der Waals surface area (Å²) in [5.74, 6) is 0.159. The summed E-state index contributed by atoms with van der Waals surface area (Å²) in [6.07, 6.45) is 2.48. The van der Waals surface area contributed by atoms with Crippen LogP contribution in [0, 0.1) is 0 Å². The minimum Gasteiger partial charge on any atom is -0.490 e. The fourth-order valence-corrected chi connectivity index (χ4v) is 3.42. The van der Waals surface area contributed by atoms with Crippen LogP contribution in [0.1, 0.15) is 13.3 Å². The van der Waals surface area contributed by atoms with E-state index >= 15 is 0 Å². The first kappa shape index (κ1) is 28.7. The van der Waals surface area contributed by atoms with Crippen molar-refractivity contribution in [3.8, 4) is 39.5 Å². The molecule has 202 valence electrons. The Kier molecular flexibility index (Phi) is 10.9. The summed E-state index contributed by atoms with van der Waals surface area (Å²) in [7, 11) is 0. The van der Waals surface area contributed by atoms with Crippen LogP contribution < -0.4 is 14.2 Å². The second kappa shape index (κ2) is 14.8. The average Bonchev–Trinajstić information content (AvgIpc) is 2.97. The molecule has 8 nitrogen and oxygen atoms in total. The highest BCUT2D eigenvalue weighted by Crippen LogP contribution is 2.33. The zero-order chi connectivity index (χ0) is 28.0. The van der Waals surface area contributed by atoms with Crippen molar-refractivity contribution in [2.45, 2.75) is 13.3 Å². The topological polar surface area (TPSA) is 97.4 Å². The molecule has 0 aliphatic carbocycles. The van der Waals surface area contributed by atoms with Crippen LogP contribution in [0.25, 0.3) is 22.3 Å². The summed E-state index contributed by atoms with van der Waals surface area (Å²) in [6.45, 7) is 8.86. The van der Waals surface area contributed by atoms with Crippen molar-refractivity contribution in [2.24, 2.45) is 0 Å². The molecule has 0 N–H and O–H groups in total.